The Kier molecular flexibility index (Phi) is 8.78. The molecule has 4 nitrogen and oxygen atoms in total. The second-order valence-corrected chi connectivity index (χ2v) is 7.38. The summed E-state index contributed by atoms with van der Waals surface area (Å²) in [5.41, 5.74) is 5.44. The van der Waals surface area contributed by atoms with E-state index in [-0.39, 0.29) is 0 Å². The molecule has 0 aliphatic rings. The highest BCUT2D eigenvalue weighted by Crippen LogP contribution is 2.28. The predicted octanol–water partition coefficient (Wildman–Crippen LogP) is 5.89. The summed E-state index contributed by atoms with van der Waals surface area (Å²) in [5, 5.41) is 4.19. The monoisotopic (exact) mass is 395 g/mol. The van der Waals surface area contributed by atoms with E-state index in [1.807, 2.05) is 31.2 Å². The first-order valence-electron chi connectivity index (χ1n) is 10.1. The highest BCUT2D eigenvalue weighted by Gasteiger charge is 2.11. The highest BCUT2D eigenvalue weighted by molar-refractivity contribution is 6.01. The fourth-order valence-electron chi connectivity index (χ4n) is 3.21. The lowest BCUT2D eigenvalue weighted by molar-refractivity contribution is 0.212. The summed E-state index contributed by atoms with van der Waals surface area (Å²) in [7, 11) is 1.58. The minimum absolute atomic E-state index is 0.292. The SMILES string of the molecule is C/C=C/COc1cc(C)c(OCCc2cccc(/C(=N/OC)C(C)C)c2)c(C)c1. The maximum atomic E-state index is 6.12. The van der Waals surface area contributed by atoms with Gasteiger partial charge in [0.2, 0.25) is 0 Å². The quantitative estimate of drug-likeness (QED) is 0.286. The molecule has 0 saturated heterocycles. The summed E-state index contributed by atoms with van der Waals surface area (Å²) in [4.78, 5) is 5.01. The van der Waals surface area contributed by atoms with Gasteiger partial charge in [-0.1, -0.05) is 49.4 Å². The van der Waals surface area contributed by atoms with E-state index >= 15 is 0 Å². The number of nitrogens with zero attached hydrogens (tertiary/aromatic N) is 1. The summed E-state index contributed by atoms with van der Waals surface area (Å²) in [6, 6.07) is 12.5. The predicted molar refractivity (Wildman–Crippen MR) is 120 cm³/mol. The zero-order chi connectivity index (χ0) is 21.2. The van der Waals surface area contributed by atoms with Gasteiger partial charge in [-0.05, 0) is 67.1 Å². The Bertz CT molecular complexity index is 830. The zero-order valence-electron chi connectivity index (χ0n) is 18.5. The minimum atomic E-state index is 0.292. The second-order valence-electron chi connectivity index (χ2n) is 7.38. The van der Waals surface area contributed by atoms with Gasteiger partial charge in [0.1, 0.15) is 25.2 Å². The van der Waals surface area contributed by atoms with Crippen molar-refractivity contribution in [2.75, 3.05) is 20.3 Å². The standard InChI is InChI=1S/C25H33NO3/c1-7-8-13-28-23-15-19(4)25(20(5)16-23)29-14-12-21-10-9-11-22(17-21)24(18(2)3)26-27-6/h7-11,15-18H,12-14H2,1-6H3/b8-7+,26-24+. The van der Waals surface area contributed by atoms with Crippen LogP contribution in [0.2, 0.25) is 0 Å². The molecule has 2 aromatic carbocycles. The van der Waals surface area contributed by atoms with E-state index in [2.05, 4.69) is 57.1 Å². The van der Waals surface area contributed by atoms with Crippen molar-refractivity contribution in [1.82, 2.24) is 0 Å². The number of rotatable bonds is 10. The van der Waals surface area contributed by atoms with Crippen molar-refractivity contribution in [3.63, 3.8) is 0 Å². The number of ether oxygens (including phenoxy) is 2. The Labute approximate surface area is 175 Å². The van der Waals surface area contributed by atoms with Gasteiger partial charge in [-0.2, -0.15) is 0 Å². The average molecular weight is 396 g/mol. The molecule has 0 aliphatic heterocycles. The lowest BCUT2D eigenvalue weighted by Crippen LogP contribution is -2.11. The molecule has 0 unspecified atom stereocenters. The third-order valence-electron chi connectivity index (χ3n) is 4.61. The smallest absolute Gasteiger partial charge is 0.125 e. The van der Waals surface area contributed by atoms with Gasteiger partial charge in [0.15, 0.2) is 0 Å². The third kappa shape index (κ3) is 6.67. The molecule has 2 rings (SSSR count). The van der Waals surface area contributed by atoms with Crippen molar-refractivity contribution in [3.05, 3.63) is 70.8 Å². The van der Waals surface area contributed by atoms with Gasteiger partial charge >= 0.3 is 0 Å². The molecule has 0 aliphatic carbocycles. The van der Waals surface area contributed by atoms with E-state index < -0.39 is 0 Å². The molecule has 0 atom stereocenters. The van der Waals surface area contributed by atoms with E-state index in [0.717, 1.165) is 40.3 Å². The van der Waals surface area contributed by atoms with E-state index in [0.29, 0.717) is 19.1 Å². The van der Waals surface area contributed by atoms with Crippen molar-refractivity contribution in [2.45, 2.75) is 41.0 Å². The summed E-state index contributed by atoms with van der Waals surface area (Å²) < 4.78 is 11.9. The van der Waals surface area contributed by atoms with Crippen LogP contribution in [0.1, 0.15) is 43.0 Å². The molecule has 29 heavy (non-hydrogen) atoms. The van der Waals surface area contributed by atoms with Crippen molar-refractivity contribution in [2.24, 2.45) is 11.1 Å². The molecule has 0 saturated carbocycles. The largest absolute Gasteiger partial charge is 0.493 e. The van der Waals surface area contributed by atoms with Gasteiger partial charge in [0.05, 0.1) is 12.3 Å². The summed E-state index contributed by atoms with van der Waals surface area (Å²) in [6.45, 7) is 11.5. The van der Waals surface area contributed by atoms with Crippen molar-refractivity contribution in [1.29, 1.82) is 0 Å². The summed E-state index contributed by atoms with van der Waals surface area (Å²) in [5.74, 6) is 2.10. The maximum absolute atomic E-state index is 6.12. The van der Waals surface area contributed by atoms with E-state index in [1.165, 1.54) is 5.56 Å². The normalized spacial score (nSPS) is 11.9. The Morgan fingerprint density at radius 1 is 1.07 bits per heavy atom. The van der Waals surface area contributed by atoms with Crippen molar-refractivity contribution >= 4 is 5.71 Å². The van der Waals surface area contributed by atoms with Crippen LogP contribution in [-0.2, 0) is 11.3 Å². The van der Waals surface area contributed by atoms with Crippen LogP contribution in [0.4, 0.5) is 0 Å². The number of hydrogen-bond donors (Lipinski definition) is 0. The van der Waals surface area contributed by atoms with Crippen molar-refractivity contribution < 1.29 is 14.3 Å². The first kappa shape index (κ1) is 22.5. The minimum Gasteiger partial charge on any atom is -0.493 e. The third-order valence-corrected chi connectivity index (χ3v) is 4.61. The van der Waals surface area contributed by atoms with Gasteiger partial charge < -0.3 is 14.3 Å². The van der Waals surface area contributed by atoms with Gasteiger partial charge in [0, 0.05) is 6.42 Å². The van der Waals surface area contributed by atoms with Crippen LogP contribution in [0.15, 0.2) is 53.7 Å². The van der Waals surface area contributed by atoms with Gasteiger partial charge in [-0.25, -0.2) is 0 Å². The molecule has 0 amide bonds. The molecule has 0 radical (unpaired) electrons. The molecule has 0 fully saturated rings. The zero-order valence-corrected chi connectivity index (χ0v) is 18.5. The Morgan fingerprint density at radius 3 is 2.41 bits per heavy atom. The fraction of sp³-hybridized carbons (Fsp3) is 0.400. The number of allylic oxidation sites excluding steroid dienone is 1. The Balaban J connectivity index is 2.03. The molecular formula is C25H33NO3. The van der Waals surface area contributed by atoms with Crippen LogP contribution in [0.5, 0.6) is 11.5 Å². The van der Waals surface area contributed by atoms with E-state index in [4.69, 9.17) is 14.3 Å². The first-order chi connectivity index (χ1) is 14.0. The molecule has 156 valence electrons. The van der Waals surface area contributed by atoms with Crippen LogP contribution < -0.4 is 9.47 Å². The topological polar surface area (TPSA) is 40.0 Å². The number of aryl methyl sites for hydroxylation is 2. The van der Waals surface area contributed by atoms with Gasteiger partial charge in [-0.15, -0.1) is 0 Å². The molecule has 0 N–H and O–H groups in total. The number of oxime groups is 1. The van der Waals surface area contributed by atoms with Crippen LogP contribution in [0.3, 0.4) is 0 Å². The second kappa shape index (κ2) is 11.3. The lowest BCUT2D eigenvalue weighted by atomic mass is 9.98. The molecule has 4 heteroatoms. The fourth-order valence-corrected chi connectivity index (χ4v) is 3.21. The maximum Gasteiger partial charge on any atom is 0.125 e. The van der Waals surface area contributed by atoms with Crippen LogP contribution in [-0.4, -0.2) is 26.0 Å². The highest BCUT2D eigenvalue weighted by atomic mass is 16.6. The van der Waals surface area contributed by atoms with E-state index in [1.54, 1.807) is 7.11 Å². The molecule has 0 bridgehead atoms. The average Bonchev–Trinajstić information content (AvgIpc) is 2.68. The Morgan fingerprint density at radius 2 is 1.79 bits per heavy atom. The first-order valence-corrected chi connectivity index (χ1v) is 10.1. The van der Waals surface area contributed by atoms with Crippen molar-refractivity contribution in [3.8, 4) is 11.5 Å². The van der Waals surface area contributed by atoms with E-state index in [9.17, 15) is 0 Å². The molecule has 0 spiro atoms. The van der Waals surface area contributed by atoms with Crippen LogP contribution in [0, 0.1) is 19.8 Å². The summed E-state index contributed by atoms with van der Waals surface area (Å²) in [6.07, 6.45) is 4.80. The molecule has 2 aromatic rings. The van der Waals surface area contributed by atoms with Gasteiger partial charge in [-0.3, -0.25) is 0 Å². The molecule has 0 aromatic heterocycles. The summed E-state index contributed by atoms with van der Waals surface area (Å²) >= 11 is 0. The Hall–Kier alpha value is -2.75. The van der Waals surface area contributed by atoms with Crippen LogP contribution in [0.25, 0.3) is 0 Å². The van der Waals surface area contributed by atoms with Crippen LogP contribution >= 0.6 is 0 Å². The molecular weight excluding hydrogens is 362 g/mol. The number of benzene rings is 2. The number of hydrogen-bond acceptors (Lipinski definition) is 4. The lowest BCUT2D eigenvalue weighted by Gasteiger charge is -2.15. The van der Waals surface area contributed by atoms with Gasteiger partial charge in [0.25, 0.3) is 0 Å². The molecule has 0 heterocycles.